The predicted molar refractivity (Wildman–Crippen MR) is 72.8 cm³/mol. The van der Waals surface area contributed by atoms with Gasteiger partial charge in [-0.05, 0) is 61.9 Å². The van der Waals surface area contributed by atoms with Gasteiger partial charge in [0, 0.05) is 6.54 Å². The normalized spacial score (nSPS) is 10.4. The number of rotatable bonds is 4. The molecule has 0 aromatic heterocycles. The number of nitrogens with one attached hydrogen (secondary N) is 1. The molecule has 0 radical (unpaired) electrons. The molecule has 0 spiro atoms. The van der Waals surface area contributed by atoms with Crippen LogP contribution in [0.2, 0.25) is 0 Å². The van der Waals surface area contributed by atoms with Crippen molar-refractivity contribution in [2.45, 2.75) is 34.1 Å². The van der Waals surface area contributed by atoms with Crippen LogP contribution in [0.1, 0.15) is 27.8 Å². The first-order chi connectivity index (χ1) is 7.97. The van der Waals surface area contributed by atoms with Crippen LogP contribution in [0.5, 0.6) is 0 Å². The van der Waals surface area contributed by atoms with Gasteiger partial charge in [0.1, 0.15) is 5.88 Å². The number of hydrogen-bond donors (Lipinski definition) is 1. The SMILES string of the molecule is Cc1cc(C)c(C)c(CCNC(=O)CCl)c1C. The maximum atomic E-state index is 11.1. The lowest BCUT2D eigenvalue weighted by atomic mass is 9.92. The Labute approximate surface area is 108 Å². The molecule has 0 atom stereocenters. The number of amides is 1. The van der Waals surface area contributed by atoms with Crippen LogP contribution in [0.4, 0.5) is 0 Å². The van der Waals surface area contributed by atoms with Gasteiger partial charge in [-0.15, -0.1) is 11.6 Å². The zero-order valence-corrected chi connectivity index (χ0v) is 11.7. The topological polar surface area (TPSA) is 29.1 Å². The second-order valence-electron chi connectivity index (χ2n) is 4.47. The summed E-state index contributed by atoms with van der Waals surface area (Å²) in [5, 5.41) is 2.80. The summed E-state index contributed by atoms with van der Waals surface area (Å²) in [5.74, 6) is -0.0727. The van der Waals surface area contributed by atoms with Crippen molar-refractivity contribution in [3.05, 3.63) is 33.9 Å². The molecule has 2 nitrogen and oxygen atoms in total. The minimum atomic E-state index is -0.105. The summed E-state index contributed by atoms with van der Waals surface area (Å²) >= 11 is 5.43. The highest BCUT2D eigenvalue weighted by molar-refractivity contribution is 6.27. The molecule has 3 heteroatoms. The first-order valence-corrected chi connectivity index (χ1v) is 6.39. The van der Waals surface area contributed by atoms with Gasteiger partial charge in [0.05, 0.1) is 0 Å². The molecule has 0 bridgehead atoms. The third-order valence-corrected chi connectivity index (χ3v) is 3.58. The largest absolute Gasteiger partial charge is 0.355 e. The molecule has 0 saturated heterocycles. The number of aryl methyl sites for hydroxylation is 2. The van der Waals surface area contributed by atoms with Crippen molar-refractivity contribution >= 4 is 17.5 Å². The van der Waals surface area contributed by atoms with Crippen molar-refractivity contribution in [3.8, 4) is 0 Å². The van der Waals surface area contributed by atoms with E-state index >= 15 is 0 Å². The maximum Gasteiger partial charge on any atom is 0.234 e. The Bertz CT molecular complexity index is 400. The summed E-state index contributed by atoms with van der Waals surface area (Å²) in [6, 6.07) is 2.21. The lowest BCUT2D eigenvalue weighted by Gasteiger charge is -2.15. The first-order valence-electron chi connectivity index (χ1n) is 5.86. The molecule has 0 saturated carbocycles. The van der Waals surface area contributed by atoms with Gasteiger partial charge < -0.3 is 5.32 Å². The Balaban J connectivity index is 2.80. The van der Waals surface area contributed by atoms with Crippen LogP contribution >= 0.6 is 11.6 Å². The van der Waals surface area contributed by atoms with E-state index in [1.807, 2.05) is 0 Å². The minimum Gasteiger partial charge on any atom is -0.355 e. The quantitative estimate of drug-likeness (QED) is 0.822. The second kappa shape index (κ2) is 6.06. The van der Waals surface area contributed by atoms with Crippen molar-refractivity contribution < 1.29 is 4.79 Å². The molecule has 1 amide bonds. The highest BCUT2D eigenvalue weighted by atomic mass is 35.5. The van der Waals surface area contributed by atoms with Crippen LogP contribution in [0.25, 0.3) is 0 Å². The molecule has 0 aliphatic carbocycles. The molecular formula is C14H20ClNO. The summed E-state index contributed by atoms with van der Waals surface area (Å²) in [6.07, 6.45) is 0.864. The minimum absolute atomic E-state index is 0.0325. The average Bonchev–Trinajstić information content (AvgIpc) is 2.30. The van der Waals surface area contributed by atoms with Gasteiger partial charge in [0.2, 0.25) is 5.91 Å². The first kappa shape index (κ1) is 14.0. The molecule has 1 N–H and O–H groups in total. The third kappa shape index (κ3) is 3.47. The van der Waals surface area contributed by atoms with Crippen molar-refractivity contribution in [2.75, 3.05) is 12.4 Å². The zero-order valence-electron chi connectivity index (χ0n) is 11.0. The Hall–Kier alpha value is -1.02. The molecule has 0 aliphatic heterocycles. The number of alkyl halides is 1. The van der Waals surface area contributed by atoms with Crippen LogP contribution in [-0.2, 0) is 11.2 Å². The van der Waals surface area contributed by atoms with Gasteiger partial charge in [-0.25, -0.2) is 0 Å². The molecule has 0 aliphatic rings. The van der Waals surface area contributed by atoms with Gasteiger partial charge in [-0.3, -0.25) is 4.79 Å². The fraction of sp³-hybridized carbons (Fsp3) is 0.500. The summed E-state index contributed by atoms with van der Waals surface area (Å²) in [6.45, 7) is 9.18. The highest BCUT2D eigenvalue weighted by Gasteiger charge is 2.08. The van der Waals surface area contributed by atoms with Crippen molar-refractivity contribution in [1.29, 1.82) is 0 Å². The number of carbonyl (C=O) groups is 1. The third-order valence-electron chi connectivity index (χ3n) is 3.34. The van der Waals surface area contributed by atoms with Gasteiger partial charge in [-0.1, -0.05) is 6.07 Å². The van der Waals surface area contributed by atoms with E-state index in [0.717, 1.165) is 6.42 Å². The summed E-state index contributed by atoms with van der Waals surface area (Å²) in [4.78, 5) is 11.1. The van der Waals surface area contributed by atoms with Crippen LogP contribution < -0.4 is 5.32 Å². The highest BCUT2D eigenvalue weighted by Crippen LogP contribution is 2.21. The van der Waals surface area contributed by atoms with E-state index in [1.165, 1.54) is 27.8 Å². The van der Waals surface area contributed by atoms with E-state index in [0.29, 0.717) is 6.54 Å². The monoisotopic (exact) mass is 253 g/mol. The maximum absolute atomic E-state index is 11.1. The molecule has 0 fully saturated rings. The molecule has 1 aromatic carbocycles. The molecule has 94 valence electrons. The Morgan fingerprint density at radius 1 is 1.18 bits per heavy atom. The molecule has 0 unspecified atom stereocenters. The van der Waals surface area contributed by atoms with Gasteiger partial charge in [0.25, 0.3) is 0 Å². The van der Waals surface area contributed by atoms with E-state index < -0.39 is 0 Å². The lowest BCUT2D eigenvalue weighted by molar-refractivity contribution is -0.118. The molecule has 1 aromatic rings. The predicted octanol–water partition coefficient (Wildman–Crippen LogP) is 2.82. The second-order valence-corrected chi connectivity index (χ2v) is 4.74. The van der Waals surface area contributed by atoms with Crippen LogP contribution in [0.3, 0.4) is 0 Å². The van der Waals surface area contributed by atoms with Crippen molar-refractivity contribution in [3.63, 3.8) is 0 Å². The molecule has 17 heavy (non-hydrogen) atoms. The average molecular weight is 254 g/mol. The number of benzene rings is 1. The Morgan fingerprint density at radius 2 is 1.71 bits per heavy atom. The summed E-state index contributed by atoms with van der Waals surface area (Å²) < 4.78 is 0. The van der Waals surface area contributed by atoms with E-state index in [4.69, 9.17) is 11.6 Å². The molecule has 1 rings (SSSR count). The fourth-order valence-corrected chi connectivity index (χ4v) is 2.14. The van der Waals surface area contributed by atoms with Crippen LogP contribution in [0.15, 0.2) is 6.07 Å². The number of hydrogen-bond acceptors (Lipinski definition) is 1. The molecular weight excluding hydrogens is 234 g/mol. The van der Waals surface area contributed by atoms with E-state index in [9.17, 15) is 4.79 Å². The Morgan fingerprint density at radius 3 is 2.18 bits per heavy atom. The van der Waals surface area contributed by atoms with Gasteiger partial charge >= 0.3 is 0 Å². The van der Waals surface area contributed by atoms with E-state index in [1.54, 1.807) is 0 Å². The molecule has 0 heterocycles. The Kier molecular flexibility index (Phi) is 5.01. The van der Waals surface area contributed by atoms with Crippen LogP contribution in [-0.4, -0.2) is 18.3 Å². The summed E-state index contributed by atoms with van der Waals surface area (Å²) in [5.41, 5.74) is 6.62. The van der Waals surface area contributed by atoms with Crippen molar-refractivity contribution in [1.82, 2.24) is 5.32 Å². The fourth-order valence-electron chi connectivity index (χ4n) is 2.05. The van der Waals surface area contributed by atoms with E-state index in [2.05, 4.69) is 39.1 Å². The smallest absolute Gasteiger partial charge is 0.234 e. The number of carbonyl (C=O) groups excluding carboxylic acids is 1. The summed E-state index contributed by atoms with van der Waals surface area (Å²) in [7, 11) is 0. The number of halogens is 1. The lowest BCUT2D eigenvalue weighted by Crippen LogP contribution is -2.27. The van der Waals surface area contributed by atoms with Gasteiger partial charge in [0.15, 0.2) is 0 Å². The zero-order chi connectivity index (χ0) is 13.0. The standard InChI is InChI=1S/C14H20ClNO/c1-9-7-10(2)12(4)13(11(9)3)5-6-16-14(17)8-15/h7H,5-6,8H2,1-4H3,(H,16,17). The van der Waals surface area contributed by atoms with E-state index in [-0.39, 0.29) is 11.8 Å². The van der Waals surface area contributed by atoms with Crippen LogP contribution in [0, 0.1) is 27.7 Å². The van der Waals surface area contributed by atoms with Crippen molar-refractivity contribution in [2.24, 2.45) is 0 Å². The van der Waals surface area contributed by atoms with Gasteiger partial charge in [-0.2, -0.15) is 0 Å².